The van der Waals surface area contributed by atoms with Crippen LogP contribution >= 0.6 is 24.0 Å². The zero-order valence-corrected chi connectivity index (χ0v) is 16.3. The predicted molar refractivity (Wildman–Crippen MR) is 105 cm³/mol. The number of piperazine rings is 1. The fraction of sp³-hybridized carbons (Fsp3) is 0.316. The van der Waals surface area contributed by atoms with Gasteiger partial charge in [-0.15, -0.1) is 12.4 Å². The number of ether oxygens (including phenoxy) is 2. The Labute approximate surface area is 164 Å². The van der Waals surface area contributed by atoms with Crippen LogP contribution in [0.3, 0.4) is 0 Å². The maximum Gasteiger partial charge on any atom is 0.254 e. The van der Waals surface area contributed by atoms with Crippen molar-refractivity contribution in [2.24, 2.45) is 0 Å². The van der Waals surface area contributed by atoms with E-state index in [2.05, 4.69) is 5.32 Å². The molecule has 1 heterocycles. The Morgan fingerprint density at radius 2 is 1.92 bits per heavy atom. The van der Waals surface area contributed by atoms with Crippen LogP contribution in [0.5, 0.6) is 11.5 Å². The van der Waals surface area contributed by atoms with Crippen LogP contribution in [0.4, 0.5) is 0 Å². The number of hydrogen-bond donors (Lipinski definition) is 1. The molecule has 26 heavy (non-hydrogen) atoms. The molecule has 0 aliphatic carbocycles. The van der Waals surface area contributed by atoms with Gasteiger partial charge in [-0.3, -0.25) is 4.79 Å². The first-order chi connectivity index (χ1) is 12.1. The minimum Gasteiger partial charge on any atom is -0.493 e. The highest BCUT2D eigenvalue weighted by Gasteiger charge is 2.29. The van der Waals surface area contributed by atoms with Gasteiger partial charge in [-0.1, -0.05) is 23.7 Å². The normalized spacial score (nSPS) is 16.6. The third kappa shape index (κ3) is 4.23. The number of rotatable bonds is 4. The van der Waals surface area contributed by atoms with Crippen molar-refractivity contribution in [3.05, 3.63) is 58.6 Å². The molecule has 2 aromatic carbocycles. The molecule has 3 rings (SSSR count). The summed E-state index contributed by atoms with van der Waals surface area (Å²) in [7, 11) is 3.14. The van der Waals surface area contributed by atoms with E-state index >= 15 is 0 Å². The van der Waals surface area contributed by atoms with Crippen LogP contribution in [-0.4, -0.2) is 44.7 Å². The monoisotopic (exact) mass is 396 g/mol. The second-order valence-electron chi connectivity index (χ2n) is 5.84. The predicted octanol–water partition coefficient (Wildman–Crippen LogP) is 3.57. The minimum absolute atomic E-state index is 0. The number of carbonyl (C=O) groups is 1. The van der Waals surface area contributed by atoms with E-state index in [0.717, 1.165) is 12.1 Å². The zero-order valence-electron chi connectivity index (χ0n) is 14.7. The lowest BCUT2D eigenvalue weighted by Crippen LogP contribution is -2.48. The van der Waals surface area contributed by atoms with Crippen LogP contribution in [0.2, 0.25) is 5.02 Å². The highest BCUT2D eigenvalue weighted by atomic mass is 35.5. The van der Waals surface area contributed by atoms with E-state index in [-0.39, 0.29) is 24.4 Å². The Morgan fingerprint density at radius 1 is 1.15 bits per heavy atom. The molecular weight excluding hydrogens is 375 g/mol. The quantitative estimate of drug-likeness (QED) is 0.857. The Kier molecular flexibility index (Phi) is 7.14. The first-order valence-corrected chi connectivity index (χ1v) is 8.51. The summed E-state index contributed by atoms with van der Waals surface area (Å²) < 4.78 is 10.6. The van der Waals surface area contributed by atoms with E-state index < -0.39 is 0 Å². The van der Waals surface area contributed by atoms with E-state index in [1.807, 2.05) is 29.2 Å². The molecule has 0 spiro atoms. The number of nitrogens with zero attached hydrogens (tertiary/aromatic N) is 1. The van der Waals surface area contributed by atoms with E-state index in [4.69, 9.17) is 21.1 Å². The molecule has 2 aromatic rings. The molecule has 1 atom stereocenters. The van der Waals surface area contributed by atoms with Crippen molar-refractivity contribution in [2.75, 3.05) is 33.9 Å². The summed E-state index contributed by atoms with van der Waals surface area (Å²) in [6.07, 6.45) is 0. The van der Waals surface area contributed by atoms with Gasteiger partial charge in [-0.25, -0.2) is 0 Å². The van der Waals surface area contributed by atoms with Crippen molar-refractivity contribution in [3.8, 4) is 11.5 Å². The van der Waals surface area contributed by atoms with Gasteiger partial charge in [0.2, 0.25) is 0 Å². The third-order valence-corrected chi connectivity index (χ3v) is 4.60. The number of amides is 1. The standard InChI is InChI=1S/C19H21ClN2O3.ClH/c1-24-17-7-6-14(11-18(17)25-2)19(23)22-9-8-21-12-16(22)13-4-3-5-15(20)10-13;/h3-7,10-11,16,21H,8-9,12H2,1-2H3;1H. The summed E-state index contributed by atoms with van der Waals surface area (Å²) in [5.74, 6) is 1.11. The number of methoxy groups -OCH3 is 2. The SMILES string of the molecule is COc1ccc(C(=O)N2CCNCC2c2cccc(Cl)c2)cc1OC.Cl. The molecular formula is C19H22Cl2N2O3. The maximum atomic E-state index is 13.1. The highest BCUT2D eigenvalue weighted by Crippen LogP contribution is 2.30. The van der Waals surface area contributed by atoms with Crippen molar-refractivity contribution in [2.45, 2.75) is 6.04 Å². The van der Waals surface area contributed by atoms with Crippen molar-refractivity contribution in [1.29, 1.82) is 0 Å². The molecule has 0 bridgehead atoms. The molecule has 1 saturated heterocycles. The van der Waals surface area contributed by atoms with Gasteiger partial charge in [-0.05, 0) is 35.9 Å². The molecule has 7 heteroatoms. The summed E-state index contributed by atoms with van der Waals surface area (Å²) in [4.78, 5) is 15.0. The molecule has 0 radical (unpaired) electrons. The van der Waals surface area contributed by atoms with Gasteiger partial charge in [0.05, 0.1) is 20.3 Å². The first kappa shape index (κ1) is 20.4. The van der Waals surface area contributed by atoms with Crippen LogP contribution in [0.25, 0.3) is 0 Å². The molecule has 1 aliphatic heterocycles. The van der Waals surface area contributed by atoms with Gasteiger partial charge in [0.15, 0.2) is 11.5 Å². The van der Waals surface area contributed by atoms with Crippen LogP contribution in [-0.2, 0) is 0 Å². The highest BCUT2D eigenvalue weighted by molar-refractivity contribution is 6.30. The van der Waals surface area contributed by atoms with Crippen molar-refractivity contribution in [1.82, 2.24) is 10.2 Å². The van der Waals surface area contributed by atoms with Crippen molar-refractivity contribution in [3.63, 3.8) is 0 Å². The van der Waals surface area contributed by atoms with Crippen molar-refractivity contribution < 1.29 is 14.3 Å². The Bertz CT molecular complexity index is 770. The molecule has 1 aliphatic rings. The third-order valence-electron chi connectivity index (χ3n) is 4.37. The minimum atomic E-state index is -0.0620. The number of halogens is 2. The summed E-state index contributed by atoms with van der Waals surface area (Å²) in [5.41, 5.74) is 1.60. The summed E-state index contributed by atoms with van der Waals surface area (Å²) >= 11 is 6.13. The molecule has 1 amide bonds. The summed E-state index contributed by atoms with van der Waals surface area (Å²) in [5, 5.41) is 4.02. The Hall–Kier alpha value is -1.95. The van der Waals surface area contributed by atoms with Crippen LogP contribution < -0.4 is 14.8 Å². The lowest BCUT2D eigenvalue weighted by Gasteiger charge is -2.36. The number of carbonyl (C=O) groups excluding carboxylic acids is 1. The van der Waals surface area contributed by atoms with Gasteiger partial charge in [0.25, 0.3) is 5.91 Å². The molecule has 0 saturated carbocycles. The van der Waals surface area contributed by atoms with Crippen LogP contribution in [0.15, 0.2) is 42.5 Å². The Balaban J connectivity index is 0.00000243. The van der Waals surface area contributed by atoms with Gasteiger partial charge in [-0.2, -0.15) is 0 Å². The fourth-order valence-electron chi connectivity index (χ4n) is 3.09. The van der Waals surface area contributed by atoms with E-state index in [9.17, 15) is 4.79 Å². The van der Waals surface area contributed by atoms with Gasteiger partial charge < -0.3 is 19.7 Å². The van der Waals surface area contributed by atoms with E-state index in [1.54, 1.807) is 32.4 Å². The molecule has 0 aromatic heterocycles. The summed E-state index contributed by atoms with van der Waals surface area (Å²) in [6, 6.07) is 12.8. The smallest absolute Gasteiger partial charge is 0.254 e. The number of nitrogens with one attached hydrogen (secondary N) is 1. The lowest BCUT2D eigenvalue weighted by atomic mass is 10.0. The molecule has 1 N–H and O–H groups in total. The van der Waals surface area contributed by atoms with Gasteiger partial charge in [0.1, 0.15) is 0 Å². The average molecular weight is 397 g/mol. The largest absolute Gasteiger partial charge is 0.493 e. The second-order valence-corrected chi connectivity index (χ2v) is 6.28. The first-order valence-electron chi connectivity index (χ1n) is 8.13. The van der Waals surface area contributed by atoms with Crippen molar-refractivity contribution >= 4 is 29.9 Å². The summed E-state index contributed by atoms with van der Waals surface area (Å²) in [6.45, 7) is 2.08. The molecule has 140 valence electrons. The lowest BCUT2D eigenvalue weighted by molar-refractivity contribution is 0.0634. The van der Waals surface area contributed by atoms with Gasteiger partial charge >= 0.3 is 0 Å². The van der Waals surface area contributed by atoms with Crippen LogP contribution in [0.1, 0.15) is 22.0 Å². The Morgan fingerprint density at radius 3 is 2.62 bits per heavy atom. The molecule has 1 unspecified atom stereocenters. The molecule has 1 fully saturated rings. The molecule has 5 nitrogen and oxygen atoms in total. The van der Waals surface area contributed by atoms with E-state index in [0.29, 0.717) is 35.2 Å². The van der Waals surface area contributed by atoms with E-state index in [1.165, 1.54) is 0 Å². The fourth-order valence-corrected chi connectivity index (χ4v) is 3.29. The zero-order chi connectivity index (χ0) is 17.8. The average Bonchev–Trinajstić information content (AvgIpc) is 2.66. The number of benzene rings is 2. The topological polar surface area (TPSA) is 50.8 Å². The second kappa shape index (κ2) is 9.12. The van der Waals surface area contributed by atoms with Gasteiger partial charge in [0, 0.05) is 30.2 Å². The maximum absolute atomic E-state index is 13.1. The number of hydrogen-bond acceptors (Lipinski definition) is 4. The van der Waals surface area contributed by atoms with Crippen LogP contribution in [0, 0.1) is 0 Å².